The number of amides is 1. The van der Waals surface area contributed by atoms with Gasteiger partial charge in [-0.1, -0.05) is 35.9 Å². The van der Waals surface area contributed by atoms with Crippen molar-refractivity contribution in [3.8, 4) is 0 Å². The molecule has 3 rings (SSSR count). The van der Waals surface area contributed by atoms with E-state index in [0.717, 1.165) is 29.7 Å². The van der Waals surface area contributed by atoms with Gasteiger partial charge in [-0.15, -0.1) is 10.2 Å². The van der Waals surface area contributed by atoms with Crippen molar-refractivity contribution in [2.45, 2.75) is 6.92 Å². The molecule has 0 spiro atoms. The Morgan fingerprint density at radius 1 is 1.10 bits per heavy atom. The first-order valence-corrected chi connectivity index (χ1v) is 6.96. The van der Waals surface area contributed by atoms with Crippen molar-refractivity contribution in [2.24, 2.45) is 0 Å². The van der Waals surface area contributed by atoms with Crippen molar-refractivity contribution in [1.29, 1.82) is 0 Å². The van der Waals surface area contributed by atoms with Crippen LogP contribution in [-0.2, 0) is 4.79 Å². The molecule has 0 bridgehead atoms. The van der Waals surface area contributed by atoms with Gasteiger partial charge < -0.3 is 9.80 Å². The van der Waals surface area contributed by atoms with E-state index in [-0.39, 0.29) is 5.91 Å². The van der Waals surface area contributed by atoms with Gasteiger partial charge in [-0.3, -0.25) is 4.79 Å². The van der Waals surface area contributed by atoms with Crippen LogP contribution in [0.1, 0.15) is 6.92 Å². The summed E-state index contributed by atoms with van der Waals surface area (Å²) < 4.78 is 0. The van der Waals surface area contributed by atoms with E-state index in [2.05, 4.69) is 15.1 Å². The Labute approximate surface area is 122 Å². The fraction of sp³-hybridized carbons (Fsp3) is 0.357. The molecule has 1 fully saturated rings. The molecule has 1 aromatic carbocycles. The predicted octanol–water partition coefficient (Wildman–Crippen LogP) is 1.95. The zero-order chi connectivity index (χ0) is 14.1. The third-order valence-corrected chi connectivity index (χ3v) is 3.93. The number of carbonyl (C=O) groups excluding carboxylic acids is 1. The average molecular weight is 291 g/mol. The number of hydrogen-bond acceptors (Lipinski definition) is 4. The lowest BCUT2D eigenvalue weighted by Gasteiger charge is -2.35. The number of anilines is 1. The van der Waals surface area contributed by atoms with E-state index in [1.54, 1.807) is 6.92 Å². The summed E-state index contributed by atoms with van der Waals surface area (Å²) in [6, 6.07) is 7.85. The molecule has 6 heteroatoms. The number of aromatic nitrogens is 2. The Morgan fingerprint density at radius 2 is 1.75 bits per heavy atom. The van der Waals surface area contributed by atoms with Crippen molar-refractivity contribution in [1.82, 2.24) is 15.1 Å². The molecule has 0 atom stereocenters. The fourth-order valence-corrected chi connectivity index (χ4v) is 2.73. The van der Waals surface area contributed by atoms with Crippen molar-refractivity contribution >= 4 is 34.1 Å². The molecule has 2 aromatic rings. The lowest BCUT2D eigenvalue weighted by Crippen LogP contribution is -2.48. The Hall–Kier alpha value is -1.88. The summed E-state index contributed by atoms with van der Waals surface area (Å²) in [4.78, 5) is 15.4. The largest absolute Gasteiger partial charge is 0.351 e. The number of rotatable bonds is 1. The molecule has 0 radical (unpaired) electrons. The van der Waals surface area contributed by atoms with Crippen LogP contribution in [0.2, 0.25) is 5.15 Å². The fourth-order valence-electron chi connectivity index (χ4n) is 2.52. The maximum absolute atomic E-state index is 11.4. The number of halogens is 1. The quantitative estimate of drug-likeness (QED) is 0.805. The van der Waals surface area contributed by atoms with Crippen LogP contribution in [0.4, 0.5) is 5.82 Å². The highest BCUT2D eigenvalue weighted by Gasteiger charge is 2.21. The monoisotopic (exact) mass is 290 g/mol. The van der Waals surface area contributed by atoms with E-state index >= 15 is 0 Å². The van der Waals surface area contributed by atoms with E-state index in [1.807, 2.05) is 29.2 Å². The molecule has 1 aromatic heterocycles. The molecule has 104 valence electrons. The standard InChI is InChI=1S/C14H15ClN4O/c1-10(20)18-6-8-19(9-7-18)14-12-5-3-2-4-11(12)13(15)16-17-14/h2-5H,6-9H2,1H3. The minimum Gasteiger partial charge on any atom is -0.351 e. The van der Waals surface area contributed by atoms with E-state index in [4.69, 9.17) is 11.6 Å². The lowest BCUT2D eigenvalue weighted by atomic mass is 10.1. The smallest absolute Gasteiger partial charge is 0.219 e. The second kappa shape index (κ2) is 5.25. The summed E-state index contributed by atoms with van der Waals surface area (Å²) in [5.74, 6) is 0.963. The molecule has 1 aliphatic rings. The molecule has 1 saturated heterocycles. The zero-order valence-corrected chi connectivity index (χ0v) is 12.0. The second-order valence-electron chi connectivity index (χ2n) is 4.85. The minimum atomic E-state index is 0.122. The summed E-state index contributed by atoms with van der Waals surface area (Å²) >= 11 is 6.09. The van der Waals surface area contributed by atoms with Gasteiger partial charge in [0.15, 0.2) is 11.0 Å². The first kappa shape index (κ1) is 13.1. The highest BCUT2D eigenvalue weighted by molar-refractivity contribution is 6.34. The molecule has 20 heavy (non-hydrogen) atoms. The maximum atomic E-state index is 11.4. The highest BCUT2D eigenvalue weighted by Crippen LogP contribution is 2.28. The van der Waals surface area contributed by atoms with E-state index in [9.17, 15) is 4.79 Å². The van der Waals surface area contributed by atoms with Crippen LogP contribution < -0.4 is 4.90 Å². The first-order valence-electron chi connectivity index (χ1n) is 6.58. The van der Waals surface area contributed by atoms with E-state index in [0.29, 0.717) is 18.2 Å². The lowest BCUT2D eigenvalue weighted by molar-refractivity contribution is -0.129. The van der Waals surface area contributed by atoms with Crippen LogP contribution in [0.15, 0.2) is 24.3 Å². The van der Waals surface area contributed by atoms with Crippen molar-refractivity contribution in [3.63, 3.8) is 0 Å². The Kier molecular flexibility index (Phi) is 3.44. The molecular formula is C14H15ClN4O. The predicted molar refractivity (Wildman–Crippen MR) is 79.0 cm³/mol. The Balaban J connectivity index is 1.92. The third kappa shape index (κ3) is 2.29. The molecule has 0 saturated carbocycles. The third-order valence-electron chi connectivity index (χ3n) is 3.65. The Morgan fingerprint density at radius 3 is 2.40 bits per heavy atom. The molecular weight excluding hydrogens is 276 g/mol. The van der Waals surface area contributed by atoms with Crippen LogP contribution >= 0.6 is 11.6 Å². The summed E-state index contributed by atoms with van der Waals surface area (Å²) in [7, 11) is 0. The van der Waals surface area contributed by atoms with Crippen molar-refractivity contribution in [3.05, 3.63) is 29.4 Å². The molecule has 0 N–H and O–H groups in total. The Bertz CT molecular complexity index is 653. The van der Waals surface area contributed by atoms with E-state index < -0.39 is 0 Å². The number of fused-ring (bicyclic) bond motifs is 1. The average Bonchev–Trinajstić information content (AvgIpc) is 2.48. The highest BCUT2D eigenvalue weighted by atomic mass is 35.5. The molecule has 1 amide bonds. The van der Waals surface area contributed by atoms with Gasteiger partial charge in [0, 0.05) is 43.9 Å². The van der Waals surface area contributed by atoms with Gasteiger partial charge in [0.25, 0.3) is 0 Å². The summed E-state index contributed by atoms with van der Waals surface area (Å²) in [6.07, 6.45) is 0. The van der Waals surface area contributed by atoms with Gasteiger partial charge in [0.1, 0.15) is 0 Å². The SMILES string of the molecule is CC(=O)N1CCN(c2nnc(Cl)c3ccccc23)CC1. The van der Waals surface area contributed by atoms with Crippen LogP contribution in [-0.4, -0.2) is 47.2 Å². The number of hydrogen-bond donors (Lipinski definition) is 0. The number of piperazine rings is 1. The number of carbonyl (C=O) groups is 1. The van der Waals surface area contributed by atoms with Gasteiger partial charge in [0.05, 0.1) is 0 Å². The van der Waals surface area contributed by atoms with Crippen LogP contribution in [0.25, 0.3) is 10.8 Å². The number of benzene rings is 1. The van der Waals surface area contributed by atoms with Gasteiger partial charge >= 0.3 is 0 Å². The van der Waals surface area contributed by atoms with Crippen LogP contribution in [0.5, 0.6) is 0 Å². The second-order valence-corrected chi connectivity index (χ2v) is 5.21. The van der Waals surface area contributed by atoms with Gasteiger partial charge in [0.2, 0.25) is 5.91 Å². The zero-order valence-electron chi connectivity index (χ0n) is 11.2. The molecule has 1 aliphatic heterocycles. The molecule has 5 nitrogen and oxygen atoms in total. The van der Waals surface area contributed by atoms with Gasteiger partial charge in [-0.2, -0.15) is 0 Å². The van der Waals surface area contributed by atoms with Crippen molar-refractivity contribution in [2.75, 3.05) is 31.1 Å². The maximum Gasteiger partial charge on any atom is 0.219 e. The molecule has 2 heterocycles. The van der Waals surface area contributed by atoms with Crippen LogP contribution in [0, 0.1) is 0 Å². The van der Waals surface area contributed by atoms with Crippen molar-refractivity contribution < 1.29 is 4.79 Å². The van der Waals surface area contributed by atoms with Gasteiger partial charge in [-0.25, -0.2) is 0 Å². The minimum absolute atomic E-state index is 0.122. The van der Waals surface area contributed by atoms with Gasteiger partial charge in [-0.05, 0) is 0 Å². The number of nitrogens with zero attached hydrogens (tertiary/aromatic N) is 4. The van der Waals surface area contributed by atoms with Crippen LogP contribution in [0.3, 0.4) is 0 Å². The summed E-state index contributed by atoms with van der Waals surface area (Å²) in [6.45, 7) is 4.56. The first-order chi connectivity index (χ1) is 9.66. The summed E-state index contributed by atoms with van der Waals surface area (Å²) in [5, 5.41) is 10.6. The molecule has 0 unspecified atom stereocenters. The topological polar surface area (TPSA) is 49.3 Å². The summed E-state index contributed by atoms with van der Waals surface area (Å²) in [5.41, 5.74) is 0. The molecule has 0 aliphatic carbocycles. The normalized spacial score (nSPS) is 15.7. The van der Waals surface area contributed by atoms with E-state index in [1.165, 1.54) is 0 Å².